The fourth-order valence-electron chi connectivity index (χ4n) is 3.26. The average Bonchev–Trinajstić information content (AvgIpc) is 2.64. The maximum Gasteiger partial charge on any atom is 0.341 e. The van der Waals surface area contributed by atoms with Crippen LogP contribution in [0.5, 0.6) is 5.75 Å². The largest absolute Gasteiger partial charge is 0.481 e. The molecule has 0 aliphatic carbocycles. The van der Waals surface area contributed by atoms with Gasteiger partial charge in [0.1, 0.15) is 5.75 Å². The van der Waals surface area contributed by atoms with Gasteiger partial charge in [0.15, 0.2) is 16.4 Å². The predicted molar refractivity (Wildman–Crippen MR) is 112 cm³/mol. The number of carboxylic acid groups (broad SMARTS) is 1. The summed E-state index contributed by atoms with van der Waals surface area (Å²) < 4.78 is 28.8. The molecule has 1 N–H and O–H groups in total. The van der Waals surface area contributed by atoms with E-state index < -0.39 is 22.4 Å². The summed E-state index contributed by atoms with van der Waals surface area (Å²) in [7, 11) is -3.25. The lowest BCUT2D eigenvalue weighted by molar-refractivity contribution is -0.139. The minimum atomic E-state index is -3.25. The van der Waals surface area contributed by atoms with Gasteiger partial charge in [0.25, 0.3) is 0 Å². The summed E-state index contributed by atoms with van der Waals surface area (Å²) in [6, 6.07) is 10.0. The van der Waals surface area contributed by atoms with Crippen LogP contribution < -0.4 is 4.74 Å². The number of carbonyl (C=O) groups is 1. The summed E-state index contributed by atoms with van der Waals surface area (Å²) in [5.41, 5.74) is 4.12. The number of fused-ring (bicyclic) bond motifs is 1. The third-order valence-electron chi connectivity index (χ3n) is 4.72. The SMILES string of the molecule is Cc1nc2c(Cl)ccc(OCC(=O)O)c2c(C)c1Cc1ccc(S(C)(=O)=O)cc1. The second-order valence-electron chi connectivity index (χ2n) is 6.85. The molecule has 0 aliphatic heterocycles. The number of sulfone groups is 1. The van der Waals surface area contributed by atoms with E-state index in [-0.39, 0.29) is 4.90 Å². The summed E-state index contributed by atoms with van der Waals surface area (Å²) in [6.07, 6.45) is 1.71. The lowest BCUT2D eigenvalue weighted by atomic mass is 9.96. The zero-order chi connectivity index (χ0) is 21.3. The van der Waals surface area contributed by atoms with Crippen molar-refractivity contribution in [3.05, 3.63) is 63.8 Å². The number of halogens is 1. The number of ether oxygens (including phenoxy) is 1. The predicted octanol–water partition coefficient (Wildman–Crippen LogP) is 3.96. The van der Waals surface area contributed by atoms with Crippen molar-refractivity contribution >= 4 is 38.3 Å². The summed E-state index contributed by atoms with van der Waals surface area (Å²) in [5, 5.41) is 10.1. The van der Waals surface area contributed by atoms with E-state index in [9.17, 15) is 13.2 Å². The molecule has 0 saturated carbocycles. The molecular formula is C21H20ClNO5S. The van der Waals surface area contributed by atoms with Crippen molar-refractivity contribution in [2.75, 3.05) is 12.9 Å². The van der Waals surface area contributed by atoms with Crippen LogP contribution in [0.15, 0.2) is 41.3 Å². The zero-order valence-electron chi connectivity index (χ0n) is 16.2. The highest BCUT2D eigenvalue weighted by atomic mass is 35.5. The number of rotatable bonds is 6. The van der Waals surface area contributed by atoms with Crippen molar-refractivity contribution in [2.24, 2.45) is 0 Å². The molecule has 0 radical (unpaired) electrons. The van der Waals surface area contributed by atoms with Crippen molar-refractivity contribution < 1.29 is 23.1 Å². The van der Waals surface area contributed by atoms with Crippen LogP contribution in [0.3, 0.4) is 0 Å². The second-order valence-corrected chi connectivity index (χ2v) is 9.27. The first kappa shape index (κ1) is 21.1. The van der Waals surface area contributed by atoms with E-state index in [1.807, 2.05) is 13.8 Å². The molecule has 0 fully saturated rings. The quantitative estimate of drug-likeness (QED) is 0.632. The fraction of sp³-hybridized carbons (Fsp3) is 0.238. The maximum atomic E-state index is 11.7. The summed E-state index contributed by atoms with van der Waals surface area (Å²) >= 11 is 6.32. The minimum Gasteiger partial charge on any atom is -0.481 e. The van der Waals surface area contributed by atoms with Gasteiger partial charge in [-0.2, -0.15) is 0 Å². The van der Waals surface area contributed by atoms with E-state index >= 15 is 0 Å². The third kappa shape index (κ3) is 4.52. The van der Waals surface area contributed by atoms with Crippen LogP contribution in [-0.2, 0) is 21.1 Å². The number of benzene rings is 2. The number of aromatic nitrogens is 1. The molecule has 0 unspecified atom stereocenters. The van der Waals surface area contributed by atoms with Gasteiger partial charge in [-0.1, -0.05) is 23.7 Å². The van der Waals surface area contributed by atoms with Crippen molar-refractivity contribution in [3.63, 3.8) is 0 Å². The van der Waals surface area contributed by atoms with E-state index in [0.717, 1.165) is 22.4 Å². The molecule has 6 nitrogen and oxygen atoms in total. The molecule has 0 bridgehead atoms. The average molecular weight is 434 g/mol. The van der Waals surface area contributed by atoms with Crippen LogP contribution in [0.2, 0.25) is 5.02 Å². The molecular weight excluding hydrogens is 414 g/mol. The number of aliphatic carboxylic acids is 1. The Hall–Kier alpha value is -2.64. The molecule has 3 aromatic rings. The van der Waals surface area contributed by atoms with Crippen LogP contribution in [0.25, 0.3) is 10.9 Å². The monoisotopic (exact) mass is 433 g/mol. The smallest absolute Gasteiger partial charge is 0.341 e. The van der Waals surface area contributed by atoms with Crippen molar-refractivity contribution in [1.29, 1.82) is 0 Å². The topological polar surface area (TPSA) is 93.6 Å². The van der Waals surface area contributed by atoms with E-state index in [1.165, 1.54) is 6.26 Å². The molecule has 0 spiro atoms. The first-order valence-electron chi connectivity index (χ1n) is 8.80. The molecule has 1 heterocycles. The van der Waals surface area contributed by atoms with Gasteiger partial charge in [-0.25, -0.2) is 13.2 Å². The van der Waals surface area contributed by atoms with Crippen LogP contribution >= 0.6 is 11.6 Å². The second kappa shape index (κ2) is 8.00. The summed E-state index contributed by atoms with van der Waals surface area (Å²) in [6.45, 7) is 3.33. The van der Waals surface area contributed by atoms with Gasteiger partial charge in [-0.05, 0) is 61.2 Å². The molecule has 3 rings (SSSR count). The molecule has 29 heavy (non-hydrogen) atoms. The summed E-state index contributed by atoms with van der Waals surface area (Å²) in [5.74, 6) is -0.664. The highest BCUT2D eigenvalue weighted by Crippen LogP contribution is 2.35. The molecule has 0 amide bonds. The minimum absolute atomic E-state index is 0.266. The van der Waals surface area contributed by atoms with Gasteiger partial charge in [0.2, 0.25) is 0 Å². The number of aryl methyl sites for hydroxylation is 2. The maximum absolute atomic E-state index is 11.7. The Kier molecular flexibility index (Phi) is 5.82. The van der Waals surface area contributed by atoms with Crippen LogP contribution in [-0.4, -0.2) is 37.3 Å². The van der Waals surface area contributed by atoms with Gasteiger partial charge in [-0.3, -0.25) is 4.98 Å². The lowest BCUT2D eigenvalue weighted by Crippen LogP contribution is -2.10. The lowest BCUT2D eigenvalue weighted by Gasteiger charge is -2.16. The number of carboxylic acids is 1. The van der Waals surface area contributed by atoms with Gasteiger partial charge in [-0.15, -0.1) is 0 Å². The van der Waals surface area contributed by atoms with E-state index in [1.54, 1.807) is 36.4 Å². The standard InChI is InChI=1S/C21H20ClNO5S/c1-12-16(10-14-4-6-15(7-5-14)29(3,26)27)13(2)23-21-17(22)8-9-18(20(12)21)28-11-19(24)25/h4-9H,10-11H2,1-3H3,(H,24,25). The Morgan fingerprint density at radius 2 is 1.79 bits per heavy atom. The van der Waals surface area contributed by atoms with Crippen LogP contribution in [0.1, 0.15) is 22.4 Å². The fourth-order valence-corrected chi connectivity index (χ4v) is 4.09. The number of hydrogen-bond donors (Lipinski definition) is 1. The van der Waals surface area contributed by atoms with Crippen LogP contribution in [0, 0.1) is 13.8 Å². The Balaban J connectivity index is 2.08. The Bertz CT molecular complexity index is 1200. The summed E-state index contributed by atoms with van der Waals surface area (Å²) in [4.78, 5) is 15.8. The van der Waals surface area contributed by atoms with Crippen molar-refractivity contribution in [1.82, 2.24) is 4.98 Å². The third-order valence-corrected chi connectivity index (χ3v) is 6.15. The molecule has 0 aliphatic rings. The van der Waals surface area contributed by atoms with Crippen molar-refractivity contribution in [2.45, 2.75) is 25.2 Å². The molecule has 1 aromatic heterocycles. The van der Waals surface area contributed by atoms with Crippen LogP contribution in [0.4, 0.5) is 0 Å². The van der Waals surface area contributed by atoms with Gasteiger partial charge in [0, 0.05) is 17.3 Å². The molecule has 8 heteroatoms. The van der Waals surface area contributed by atoms with Crippen molar-refractivity contribution in [3.8, 4) is 5.75 Å². The normalized spacial score (nSPS) is 11.6. The van der Waals surface area contributed by atoms with Gasteiger partial charge >= 0.3 is 5.97 Å². The Morgan fingerprint density at radius 3 is 2.38 bits per heavy atom. The first-order chi connectivity index (χ1) is 13.6. The van der Waals surface area contributed by atoms with Gasteiger partial charge < -0.3 is 9.84 Å². The molecule has 0 atom stereocenters. The van der Waals surface area contributed by atoms with E-state index in [4.69, 9.17) is 21.4 Å². The number of hydrogen-bond acceptors (Lipinski definition) is 5. The highest BCUT2D eigenvalue weighted by Gasteiger charge is 2.17. The number of pyridine rings is 1. The van der Waals surface area contributed by atoms with E-state index in [0.29, 0.717) is 28.1 Å². The highest BCUT2D eigenvalue weighted by molar-refractivity contribution is 7.90. The Morgan fingerprint density at radius 1 is 1.14 bits per heavy atom. The van der Waals surface area contributed by atoms with E-state index in [2.05, 4.69) is 4.98 Å². The molecule has 2 aromatic carbocycles. The first-order valence-corrected chi connectivity index (χ1v) is 11.1. The molecule has 152 valence electrons. The molecule has 0 saturated heterocycles. The Labute approximate surface area is 174 Å². The zero-order valence-corrected chi connectivity index (χ0v) is 17.8. The van der Waals surface area contributed by atoms with Gasteiger partial charge in [0.05, 0.1) is 15.4 Å². The number of nitrogens with zero attached hydrogens (tertiary/aromatic N) is 1.